The fourth-order valence-electron chi connectivity index (χ4n) is 2.58. The molecule has 2 aromatic rings. The molecule has 1 heterocycles. The Bertz CT molecular complexity index is 673. The molecule has 0 radical (unpaired) electrons. The molecule has 1 aliphatic rings. The van der Waals surface area contributed by atoms with Gasteiger partial charge in [-0.25, -0.2) is 9.37 Å². The van der Waals surface area contributed by atoms with Gasteiger partial charge in [-0.3, -0.25) is 0 Å². The minimum atomic E-state index is -0.492. The number of aromatic nitrogens is 1. The van der Waals surface area contributed by atoms with E-state index < -0.39 is 5.82 Å². The maximum atomic E-state index is 13.3. The van der Waals surface area contributed by atoms with E-state index >= 15 is 0 Å². The van der Waals surface area contributed by atoms with Crippen LogP contribution in [0.2, 0.25) is 5.02 Å². The molecular weight excluding hydrogens is 291 g/mol. The molecule has 1 saturated carbocycles. The summed E-state index contributed by atoms with van der Waals surface area (Å²) in [5, 5.41) is 10.0. The second kappa shape index (κ2) is 5.62. The molecule has 0 saturated heterocycles. The van der Waals surface area contributed by atoms with Crippen LogP contribution in [0, 0.1) is 11.7 Å². The maximum Gasteiger partial charge on any atom is 0.141 e. The quantitative estimate of drug-likeness (QED) is 0.905. The lowest BCUT2D eigenvalue weighted by atomic mass is 9.98. The lowest BCUT2D eigenvalue weighted by Crippen LogP contribution is -2.15. The number of aromatic hydroxyl groups is 1. The van der Waals surface area contributed by atoms with Crippen molar-refractivity contribution in [3.05, 3.63) is 46.9 Å². The van der Waals surface area contributed by atoms with E-state index in [0.29, 0.717) is 23.7 Å². The number of halogens is 2. The zero-order valence-corrected chi connectivity index (χ0v) is 12.1. The summed E-state index contributed by atoms with van der Waals surface area (Å²) in [5.74, 6) is 0.346. The van der Waals surface area contributed by atoms with Gasteiger partial charge in [-0.2, -0.15) is 0 Å². The van der Waals surface area contributed by atoms with Crippen molar-refractivity contribution in [2.45, 2.75) is 18.8 Å². The van der Waals surface area contributed by atoms with Gasteiger partial charge in [0.1, 0.15) is 17.3 Å². The zero-order valence-electron chi connectivity index (χ0n) is 11.4. The van der Waals surface area contributed by atoms with Crippen molar-refractivity contribution in [1.29, 1.82) is 0 Å². The van der Waals surface area contributed by atoms with Crippen LogP contribution >= 0.6 is 11.6 Å². The molecule has 110 valence electrons. The van der Waals surface area contributed by atoms with Crippen molar-refractivity contribution >= 4 is 11.6 Å². The van der Waals surface area contributed by atoms with Crippen LogP contribution in [0.1, 0.15) is 24.5 Å². The van der Waals surface area contributed by atoms with Gasteiger partial charge in [0.05, 0.1) is 5.02 Å². The van der Waals surface area contributed by atoms with E-state index in [1.807, 2.05) is 0 Å². The molecule has 3 nitrogen and oxygen atoms in total. The van der Waals surface area contributed by atoms with Crippen molar-refractivity contribution in [3.63, 3.8) is 0 Å². The lowest BCUT2D eigenvalue weighted by Gasteiger charge is -2.15. The van der Waals surface area contributed by atoms with Gasteiger partial charge in [0, 0.05) is 23.7 Å². The fraction of sp³-hybridized carbons (Fsp3) is 0.312. The SMILES string of the molecule is NCC(c1ccc(O)c(-c2ccc(F)c(Cl)c2)n1)C1CC1. The van der Waals surface area contributed by atoms with Crippen LogP contribution in [0.5, 0.6) is 5.75 Å². The first-order valence-corrected chi connectivity index (χ1v) is 7.33. The molecule has 1 atom stereocenters. The summed E-state index contributed by atoms with van der Waals surface area (Å²) in [7, 11) is 0. The number of hydrogen-bond acceptors (Lipinski definition) is 3. The molecule has 1 aliphatic carbocycles. The van der Waals surface area contributed by atoms with Crippen LogP contribution in [-0.4, -0.2) is 16.6 Å². The van der Waals surface area contributed by atoms with E-state index in [4.69, 9.17) is 17.3 Å². The zero-order chi connectivity index (χ0) is 15.0. The molecular formula is C16H16ClFN2O. The molecule has 1 unspecified atom stereocenters. The summed E-state index contributed by atoms with van der Waals surface area (Å²) in [4.78, 5) is 4.53. The van der Waals surface area contributed by atoms with Crippen LogP contribution in [-0.2, 0) is 0 Å². The first-order valence-electron chi connectivity index (χ1n) is 6.95. The van der Waals surface area contributed by atoms with Crippen molar-refractivity contribution < 1.29 is 9.50 Å². The predicted octanol–water partition coefficient (Wildman–Crippen LogP) is 3.70. The van der Waals surface area contributed by atoms with Crippen LogP contribution in [0.25, 0.3) is 11.3 Å². The summed E-state index contributed by atoms with van der Waals surface area (Å²) >= 11 is 5.80. The third-order valence-corrected chi connectivity index (χ3v) is 4.20. The highest BCUT2D eigenvalue weighted by Gasteiger charge is 2.32. The Morgan fingerprint density at radius 1 is 1.33 bits per heavy atom. The van der Waals surface area contributed by atoms with Crippen LogP contribution in [0.15, 0.2) is 30.3 Å². The van der Waals surface area contributed by atoms with Gasteiger partial charge in [-0.1, -0.05) is 11.6 Å². The van der Waals surface area contributed by atoms with Crippen molar-refractivity contribution in [2.24, 2.45) is 11.7 Å². The van der Waals surface area contributed by atoms with E-state index in [1.165, 1.54) is 25.0 Å². The van der Waals surface area contributed by atoms with Crippen LogP contribution in [0.3, 0.4) is 0 Å². The molecule has 1 aromatic carbocycles. The van der Waals surface area contributed by atoms with E-state index in [9.17, 15) is 9.50 Å². The average molecular weight is 307 g/mol. The van der Waals surface area contributed by atoms with Gasteiger partial charge in [-0.15, -0.1) is 0 Å². The lowest BCUT2D eigenvalue weighted by molar-refractivity contribution is 0.473. The van der Waals surface area contributed by atoms with Gasteiger partial charge < -0.3 is 10.8 Å². The fourth-order valence-corrected chi connectivity index (χ4v) is 2.76. The Morgan fingerprint density at radius 2 is 2.10 bits per heavy atom. The number of benzene rings is 1. The Hall–Kier alpha value is -1.65. The molecule has 0 amide bonds. The monoisotopic (exact) mass is 306 g/mol. The summed E-state index contributed by atoms with van der Waals surface area (Å²) in [5.41, 5.74) is 7.71. The first-order chi connectivity index (χ1) is 10.1. The topological polar surface area (TPSA) is 59.1 Å². The van der Waals surface area contributed by atoms with Gasteiger partial charge in [-0.05, 0) is 49.1 Å². The standard InChI is InChI=1S/C16H16ClFN2O/c17-12-7-10(3-4-13(12)18)16-15(21)6-5-14(20-16)11(8-19)9-1-2-9/h3-7,9,11,21H,1-2,8,19H2. The molecule has 0 aliphatic heterocycles. The Kier molecular flexibility index (Phi) is 3.83. The molecule has 0 bridgehead atoms. The van der Waals surface area contributed by atoms with E-state index in [0.717, 1.165) is 5.69 Å². The first kappa shape index (κ1) is 14.3. The number of rotatable bonds is 4. The summed E-state index contributed by atoms with van der Waals surface area (Å²) in [6, 6.07) is 7.71. The predicted molar refractivity (Wildman–Crippen MR) is 80.8 cm³/mol. The second-order valence-corrected chi connectivity index (χ2v) is 5.82. The van der Waals surface area contributed by atoms with Crippen molar-refractivity contribution in [2.75, 3.05) is 6.54 Å². The number of pyridine rings is 1. The molecule has 3 N–H and O–H groups in total. The van der Waals surface area contributed by atoms with Crippen molar-refractivity contribution in [3.8, 4) is 17.0 Å². The largest absolute Gasteiger partial charge is 0.506 e. The third-order valence-electron chi connectivity index (χ3n) is 3.91. The van der Waals surface area contributed by atoms with Gasteiger partial charge >= 0.3 is 0 Å². The Labute approximate surface area is 127 Å². The highest BCUT2D eigenvalue weighted by Crippen LogP contribution is 2.42. The number of nitrogens with zero attached hydrogens (tertiary/aromatic N) is 1. The molecule has 1 aromatic heterocycles. The number of hydrogen-bond donors (Lipinski definition) is 2. The molecule has 21 heavy (non-hydrogen) atoms. The summed E-state index contributed by atoms with van der Waals surface area (Å²) < 4.78 is 13.3. The molecule has 5 heteroatoms. The second-order valence-electron chi connectivity index (χ2n) is 5.41. The summed E-state index contributed by atoms with van der Waals surface area (Å²) in [6.45, 7) is 0.534. The average Bonchev–Trinajstić information content (AvgIpc) is 3.29. The highest BCUT2D eigenvalue weighted by atomic mass is 35.5. The molecule has 1 fully saturated rings. The smallest absolute Gasteiger partial charge is 0.141 e. The van der Waals surface area contributed by atoms with E-state index in [-0.39, 0.29) is 16.7 Å². The molecule has 3 rings (SSSR count). The van der Waals surface area contributed by atoms with Crippen LogP contribution < -0.4 is 5.73 Å². The van der Waals surface area contributed by atoms with E-state index in [1.54, 1.807) is 18.2 Å². The summed E-state index contributed by atoms with van der Waals surface area (Å²) in [6.07, 6.45) is 2.34. The Morgan fingerprint density at radius 3 is 2.71 bits per heavy atom. The van der Waals surface area contributed by atoms with Gasteiger partial charge in [0.15, 0.2) is 0 Å². The normalized spacial score (nSPS) is 16.0. The molecule has 0 spiro atoms. The highest BCUT2D eigenvalue weighted by molar-refractivity contribution is 6.31. The number of nitrogens with two attached hydrogens (primary N) is 1. The van der Waals surface area contributed by atoms with Crippen LogP contribution in [0.4, 0.5) is 4.39 Å². The Balaban J connectivity index is 2.02. The minimum Gasteiger partial charge on any atom is -0.506 e. The third kappa shape index (κ3) is 2.87. The maximum absolute atomic E-state index is 13.3. The van der Waals surface area contributed by atoms with Crippen molar-refractivity contribution in [1.82, 2.24) is 4.98 Å². The van der Waals surface area contributed by atoms with Gasteiger partial charge in [0.25, 0.3) is 0 Å². The minimum absolute atomic E-state index is 0.0108. The van der Waals surface area contributed by atoms with E-state index in [2.05, 4.69) is 4.98 Å². The van der Waals surface area contributed by atoms with Gasteiger partial charge in [0.2, 0.25) is 0 Å².